The first-order valence-electron chi connectivity index (χ1n) is 7.36. The van der Waals surface area contributed by atoms with Gasteiger partial charge in [-0.3, -0.25) is 0 Å². The maximum absolute atomic E-state index is 12.3. The van der Waals surface area contributed by atoms with E-state index < -0.39 is 10.0 Å². The molecular weight excluding hydrogens is 274 g/mol. The maximum Gasteiger partial charge on any atom is 0.242 e. The third-order valence-electron chi connectivity index (χ3n) is 3.25. The third kappa shape index (κ3) is 4.61. The third-order valence-corrected chi connectivity index (χ3v) is 4.80. The zero-order valence-corrected chi connectivity index (χ0v) is 13.8. The molecule has 1 aromatic rings. The summed E-state index contributed by atoms with van der Waals surface area (Å²) < 4.78 is 29.4. The van der Waals surface area contributed by atoms with Gasteiger partial charge in [-0.05, 0) is 32.9 Å². The second kappa shape index (κ2) is 7.81. The van der Waals surface area contributed by atoms with Crippen molar-refractivity contribution in [2.45, 2.75) is 64.6 Å². The fourth-order valence-electron chi connectivity index (χ4n) is 2.19. The molecule has 1 heterocycles. The lowest BCUT2D eigenvalue weighted by Gasteiger charge is -2.12. The minimum absolute atomic E-state index is 0.0350. The van der Waals surface area contributed by atoms with E-state index in [-0.39, 0.29) is 6.04 Å². The van der Waals surface area contributed by atoms with Gasteiger partial charge in [-0.1, -0.05) is 20.3 Å². The Hall–Kier alpha value is -0.850. The fourth-order valence-corrected chi connectivity index (χ4v) is 3.53. The Labute approximate surface area is 122 Å². The molecule has 1 aromatic heterocycles. The van der Waals surface area contributed by atoms with Crippen LogP contribution in [0.15, 0.2) is 17.2 Å². The van der Waals surface area contributed by atoms with Gasteiger partial charge in [0.2, 0.25) is 10.0 Å². The molecule has 1 unspecified atom stereocenters. The number of hydrogen-bond acceptors (Lipinski definition) is 3. The number of aromatic nitrogens is 1. The lowest BCUT2D eigenvalue weighted by atomic mass is 10.2. The minimum Gasteiger partial charge on any atom is -0.349 e. The van der Waals surface area contributed by atoms with E-state index >= 15 is 0 Å². The average Bonchev–Trinajstić information content (AvgIpc) is 2.79. The predicted octanol–water partition coefficient (Wildman–Crippen LogP) is 2.08. The highest BCUT2D eigenvalue weighted by atomic mass is 32.2. The number of nitrogens with one attached hydrogen (secondary N) is 2. The van der Waals surface area contributed by atoms with Gasteiger partial charge in [0, 0.05) is 31.0 Å². The zero-order valence-electron chi connectivity index (χ0n) is 12.9. The molecule has 0 aliphatic rings. The highest BCUT2D eigenvalue weighted by molar-refractivity contribution is 7.89. The quantitative estimate of drug-likeness (QED) is 0.734. The number of rotatable bonds is 9. The van der Waals surface area contributed by atoms with Gasteiger partial charge in [0.15, 0.2) is 0 Å². The normalized spacial score (nSPS) is 13.6. The minimum atomic E-state index is -3.42. The summed E-state index contributed by atoms with van der Waals surface area (Å²) in [5, 5.41) is 3.23. The number of nitrogens with zero attached hydrogens (tertiary/aromatic N) is 1. The monoisotopic (exact) mass is 301 g/mol. The second-order valence-electron chi connectivity index (χ2n) is 5.04. The van der Waals surface area contributed by atoms with E-state index in [4.69, 9.17) is 0 Å². The maximum atomic E-state index is 12.3. The molecule has 0 bridgehead atoms. The molecule has 0 aliphatic heterocycles. The molecule has 2 N–H and O–H groups in total. The van der Waals surface area contributed by atoms with Gasteiger partial charge >= 0.3 is 0 Å². The lowest BCUT2D eigenvalue weighted by Crippen LogP contribution is -2.32. The predicted molar refractivity (Wildman–Crippen MR) is 82.2 cm³/mol. The SMILES string of the molecule is CCCC(C)NS(=O)(=O)c1cc(CNCC)n(CC)c1. The van der Waals surface area contributed by atoms with E-state index in [1.54, 1.807) is 12.3 Å². The molecule has 0 aliphatic carbocycles. The van der Waals surface area contributed by atoms with Crippen molar-refractivity contribution in [1.29, 1.82) is 0 Å². The summed E-state index contributed by atoms with van der Waals surface area (Å²) in [5.74, 6) is 0. The van der Waals surface area contributed by atoms with Crippen molar-refractivity contribution in [3.63, 3.8) is 0 Å². The largest absolute Gasteiger partial charge is 0.349 e. The van der Waals surface area contributed by atoms with Gasteiger partial charge in [-0.15, -0.1) is 0 Å². The van der Waals surface area contributed by atoms with Crippen LogP contribution in [0.1, 0.15) is 46.2 Å². The van der Waals surface area contributed by atoms with Gasteiger partial charge in [-0.25, -0.2) is 13.1 Å². The molecule has 6 heteroatoms. The fraction of sp³-hybridized carbons (Fsp3) is 0.714. The molecule has 0 fully saturated rings. The molecule has 0 radical (unpaired) electrons. The van der Waals surface area contributed by atoms with E-state index in [1.165, 1.54) is 0 Å². The summed E-state index contributed by atoms with van der Waals surface area (Å²) in [5.41, 5.74) is 0.998. The Kier molecular flexibility index (Phi) is 6.71. The van der Waals surface area contributed by atoms with E-state index in [0.717, 1.165) is 31.6 Å². The molecule has 0 aromatic carbocycles. The first-order chi connectivity index (χ1) is 9.44. The highest BCUT2D eigenvalue weighted by Crippen LogP contribution is 2.15. The van der Waals surface area contributed by atoms with E-state index in [2.05, 4.69) is 10.0 Å². The van der Waals surface area contributed by atoms with Gasteiger partial charge in [-0.2, -0.15) is 0 Å². The summed E-state index contributed by atoms with van der Waals surface area (Å²) in [7, 11) is -3.42. The number of aryl methyl sites for hydroxylation is 1. The van der Waals surface area contributed by atoms with Crippen LogP contribution in [0.2, 0.25) is 0 Å². The summed E-state index contributed by atoms with van der Waals surface area (Å²) in [6, 6.07) is 1.72. The first-order valence-corrected chi connectivity index (χ1v) is 8.85. The van der Waals surface area contributed by atoms with Crippen molar-refractivity contribution in [3.05, 3.63) is 18.0 Å². The summed E-state index contributed by atoms with van der Waals surface area (Å²) >= 11 is 0. The van der Waals surface area contributed by atoms with Crippen LogP contribution in [-0.2, 0) is 23.1 Å². The van der Waals surface area contributed by atoms with Crippen molar-refractivity contribution in [3.8, 4) is 0 Å². The van der Waals surface area contributed by atoms with Crippen LogP contribution in [-0.4, -0.2) is 25.6 Å². The first kappa shape index (κ1) is 17.2. The Morgan fingerprint density at radius 2 is 2.00 bits per heavy atom. The topological polar surface area (TPSA) is 63.1 Å². The molecule has 0 amide bonds. The van der Waals surface area contributed by atoms with Crippen LogP contribution in [0, 0.1) is 0 Å². The Balaban J connectivity index is 2.92. The molecule has 0 saturated heterocycles. The van der Waals surface area contributed by atoms with Crippen molar-refractivity contribution in [2.75, 3.05) is 6.54 Å². The molecular formula is C14H27N3O2S. The zero-order chi connectivity index (χ0) is 15.2. The van der Waals surface area contributed by atoms with Crippen molar-refractivity contribution in [1.82, 2.24) is 14.6 Å². The van der Waals surface area contributed by atoms with Gasteiger partial charge in [0.05, 0.1) is 4.90 Å². The van der Waals surface area contributed by atoms with Crippen LogP contribution in [0.4, 0.5) is 0 Å². The van der Waals surface area contributed by atoms with E-state index in [9.17, 15) is 8.42 Å². The van der Waals surface area contributed by atoms with Crippen LogP contribution in [0.25, 0.3) is 0 Å². The Morgan fingerprint density at radius 1 is 1.30 bits per heavy atom. The Morgan fingerprint density at radius 3 is 2.55 bits per heavy atom. The van der Waals surface area contributed by atoms with Crippen LogP contribution in [0.3, 0.4) is 0 Å². The molecule has 1 rings (SSSR count). The van der Waals surface area contributed by atoms with Crippen LogP contribution < -0.4 is 10.0 Å². The molecule has 20 heavy (non-hydrogen) atoms. The molecule has 0 spiro atoms. The Bertz CT molecular complexity index is 508. The molecule has 5 nitrogen and oxygen atoms in total. The lowest BCUT2D eigenvalue weighted by molar-refractivity contribution is 0.543. The van der Waals surface area contributed by atoms with E-state index in [0.29, 0.717) is 11.4 Å². The summed E-state index contributed by atoms with van der Waals surface area (Å²) in [4.78, 5) is 0.357. The highest BCUT2D eigenvalue weighted by Gasteiger charge is 2.20. The standard InChI is InChI=1S/C14H27N3O2S/c1-5-8-12(4)16-20(18,19)14-9-13(10-15-6-2)17(7-3)11-14/h9,11-12,15-16H,5-8,10H2,1-4H3. The van der Waals surface area contributed by atoms with Crippen LogP contribution in [0.5, 0.6) is 0 Å². The van der Waals surface area contributed by atoms with Gasteiger partial charge in [0.25, 0.3) is 0 Å². The van der Waals surface area contributed by atoms with Crippen molar-refractivity contribution < 1.29 is 8.42 Å². The van der Waals surface area contributed by atoms with Crippen molar-refractivity contribution >= 4 is 10.0 Å². The van der Waals surface area contributed by atoms with E-state index in [1.807, 2.05) is 32.3 Å². The number of sulfonamides is 1. The average molecular weight is 301 g/mol. The molecule has 1 atom stereocenters. The van der Waals surface area contributed by atoms with Gasteiger partial charge < -0.3 is 9.88 Å². The molecule has 116 valence electrons. The molecule has 0 saturated carbocycles. The summed E-state index contributed by atoms with van der Waals surface area (Å²) in [6.07, 6.45) is 3.52. The summed E-state index contributed by atoms with van der Waals surface area (Å²) in [6.45, 7) is 10.3. The van der Waals surface area contributed by atoms with Gasteiger partial charge in [0.1, 0.15) is 0 Å². The van der Waals surface area contributed by atoms with Crippen molar-refractivity contribution in [2.24, 2.45) is 0 Å². The smallest absolute Gasteiger partial charge is 0.242 e. The van der Waals surface area contributed by atoms with Crippen LogP contribution >= 0.6 is 0 Å². The number of hydrogen-bond donors (Lipinski definition) is 2. The second-order valence-corrected chi connectivity index (χ2v) is 6.76.